The molecule has 0 saturated carbocycles. The third-order valence-corrected chi connectivity index (χ3v) is 3.90. The summed E-state index contributed by atoms with van der Waals surface area (Å²) in [6, 6.07) is 8.49. The van der Waals surface area contributed by atoms with Crippen LogP contribution in [-0.4, -0.2) is 20.7 Å². The van der Waals surface area contributed by atoms with Crippen molar-refractivity contribution in [2.45, 2.75) is 19.4 Å². The molecule has 0 fully saturated rings. The number of aryl methyl sites for hydroxylation is 2. The van der Waals surface area contributed by atoms with Crippen LogP contribution < -0.4 is 5.32 Å². The van der Waals surface area contributed by atoms with Gasteiger partial charge in [-0.25, -0.2) is 4.39 Å². The number of rotatable bonds is 6. The Kier molecular flexibility index (Phi) is 5.18. The highest BCUT2D eigenvalue weighted by Gasteiger charge is 2.07. The minimum absolute atomic E-state index is 0.116. The van der Waals surface area contributed by atoms with Gasteiger partial charge in [0.25, 0.3) is 0 Å². The van der Waals surface area contributed by atoms with Crippen LogP contribution in [0.5, 0.6) is 0 Å². The Bertz CT molecular complexity index is 875. The third kappa shape index (κ3) is 4.50. The van der Waals surface area contributed by atoms with Crippen LogP contribution in [0.15, 0.2) is 55.1 Å². The molecule has 1 N–H and O–H groups in total. The summed E-state index contributed by atoms with van der Waals surface area (Å²) in [5.41, 5.74) is 3.38. The molecule has 0 radical (unpaired) electrons. The fraction of sp³-hybridized carbons (Fsp3) is 0.211. The van der Waals surface area contributed by atoms with Gasteiger partial charge in [0.15, 0.2) is 0 Å². The van der Waals surface area contributed by atoms with Gasteiger partial charge in [-0.2, -0.15) is 5.10 Å². The van der Waals surface area contributed by atoms with Gasteiger partial charge in [-0.15, -0.1) is 0 Å². The normalized spacial score (nSPS) is 10.6. The Balaban J connectivity index is 1.55. The van der Waals surface area contributed by atoms with Gasteiger partial charge in [0.2, 0.25) is 5.91 Å². The highest BCUT2D eigenvalue weighted by atomic mass is 19.1. The molecule has 1 aromatic carbocycles. The number of carbonyl (C=O) groups excluding carboxylic acids is 1. The molecular weight excluding hydrogens is 319 g/mol. The first-order chi connectivity index (χ1) is 12.1. The molecule has 0 bridgehead atoms. The maximum atomic E-state index is 13.6. The number of hydrogen-bond acceptors (Lipinski definition) is 3. The molecule has 0 aliphatic rings. The summed E-state index contributed by atoms with van der Waals surface area (Å²) < 4.78 is 15.3. The lowest BCUT2D eigenvalue weighted by atomic mass is 10.1. The van der Waals surface area contributed by atoms with Crippen LogP contribution in [0.4, 0.5) is 4.39 Å². The SMILES string of the molecule is Cn1cc(-c2cncc(CNC(=O)CCc3ccccc3F)c2)cn1. The summed E-state index contributed by atoms with van der Waals surface area (Å²) in [6.07, 6.45) is 7.79. The van der Waals surface area contributed by atoms with Crippen LogP contribution in [0.2, 0.25) is 0 Å². The van der Waals surface area contributed by atoms with E-state index in [1.165, 1.54) is 6.07 Å². The topological polar surface area (TPSA) is 59.8 Å². The zero-order chi connectivity index (χ0) is 17.6. The van der Waals surface area contributed by atoms with E-state index in [2.05, 4.69) is 15.4 Å². The highest BCUT2D eigenvalue weighted by molar-refractivity contribution is 5.76. The zero-order valence-electron chi connectivity index (χ0n) is 13.9. The molecular formula is C19H19FN4O. The van der Waals surface area contributed by atoms with E-state index in [0.29, 0.717) is 18.5 Å². The van der Waals surface area contributed by atoms with Crippen molar-refractivity contribution in [1.82, 2.24) is 20.1 Å². The van der Waals surface area contributed by atoms with Crippen LogP contribution in [0.25, 0.3) is 11.1 Å². The van der Waals surface area contributed by atoms with Gasteiger partial charge in [-0.05, 0) is 29.7 Å². The molecule has 128 valence electrons. The minimum atomic E-state index is -0.274. The Morgan fingerprint density at radius 1 is 1.20 bits per heavy atom. The summed E-state index contributed by atoms with van der Waals surface area (Å²) in [5.74, 6) is -0.390. The molecule has 2 heterocycles. The lowest BCUT2D eigenvalue weighted by Gasteiger charge is -2.07. The maximum Gasteiger partial charge on any atom is 0.220 e. The van der Waals surface area contributed by atoms with Crippen molar-refractivity contribution in [3.63, 3.8) is 0 Å². The summed E-state index contributed by atoms with van der Waals surface area (Å²) >= 11 is 0. The van der Waals surface area contributed by atoms with E-state index in [1.54, 1.807) is 41.5 Å². The number of hydrogen-bond donors (Lipinski definition) is 1. The molecule has 2 aromatic heterocycles. The third-order valence-electron chi connectivity index (χ3n) is 3.90. The average molecular weight is 338 g/mol. The molecule has 0 unspecified atom stereocenters. The molecule has 3 aromatic rings. The summed E-state index contributed by atoms with van der Waals surface area (Å²) in [4.78, 5) is 16.2. The second kappa shape index (κ2) is 7.70. The number of nitrogens with zero attached hydrogens (tertiary/aromatic N) is 3. The summed E-state index contributed by atoms with van der Waals surface area (Å²) in [6.45, 7) is 0.386. The van der Waals surface area contributed by atoms with Gasteiger partial charge >= 0.3 is 0 Å². The van der Waals surface area contributed by atoms with Crippen LogP contribution in [0, 0.1) is 5.82 Å². The van der Waals surface area contributed by atoms with E-state index in [1.807, 2.05) is 19.3 Å². The number of carbonyl (C=O) groups is 1. The Morgan fingerprint density at radius 3 is 2.80 bits per heavy atom. The predicted octanol–water partition coefficient (Wildman–Crippen LogP) is 2.87. The smallest absolute Gasteiger partial charge is 0.220 e. The Labute approximate surface area is 145 Å². The van der Waals surface area contributed by atoms with Crippen LogP contribution >= 0.6 is 0 Å². The number of halogens is 1. The van der Waals surface area contributed by atoms with Crippen molar-refractivity contribution in [2.75, 3.05) is 0 Å². The van der Waals surface area contributed by atoms with E-state index in [9.17, 15) is 9.18 Å². The Hall–Kier alpha value is -3.02. The number of amides is 1. The molecule has 0 saturated heterocycles. The van der Waals surface area contributed by atoms with E-state index >= 15 is 0 Å². The number of pyridine rings is 1. The summed E-state index contributed by atoms with van der Waals surface area (Å²) in [5, 5.41) is 7.00. The first-order valence-corrected chi connectivity index (χ1v) is 8.05. The first-order valence-electron chi connectivity index (χ1n) is 8.05. The fourth-order valence-corrected chi connectivity index (χ4v) is 2.55. The fourth-order valence-electron chi connectivity index (χ4n) is 2.55. The van der Waals surface area contributed by atoms with E-state index in [4.69, 9.17) is 0 Å². The van der Waals surface area contributed by atoms with E-state index in [-0.39, 0.29) is 18.1 Å². The lowest BCUT2D eigenvalue weighted by Crippen LogP contribution is -2.23. The van der Waals surface area contributed by atoms with E-state index < -0.39 is 0 Å². The van der Waals surface area contributed by atoms with Crippen molar-refractivity contribution >= 4 is 5.91 Å². The molecule has 0 aliphatic heterocycles. The standard InChI is InChI=1S/C19H19FN4O/c1-24-13-17(12-23-24)16-8-14(9-21-11-16)10-22-19(25)7-6-15-4-2-3-5-18(15)20/h2-5,8-9,11-13H,6-7,10H2,1H3,(H,22,25). The maximum absolute atomic E-state index is 13.6. The highest BCUT2D eigenvalue weighted by Crippen LogP contribution is 2.18. The number of aromatic nitrogens is 3. The Morgan fingerprint density at radius 2 is 2.04 bits per heavy atom. The summed E-state index contributed by atoms with van der Waals surface area (Å²) in [7, 11) is 1.86. The van der Waals surface area contributed by atoms with Crippen molar-refractivity contribution in [3.8, 4) is 11.1 Å². The molecule has 0 aliphatic carbocycles. The van der Waals surface area contributed by atoms with Gasteiger partial charge in [0.1, 0.15) is 5.82 Å². The van der Waals surface area contributed by atoms with Crippen molar-refractivity contribution in [2.24, 2.45) is 7.05 Å². The molecule has 5 nitrogen and oxygen atoms in total. The van der Waals surface area contributed by atoms with E-state index in [0.717, 1.165) is 16.7 Å². The number of benzene rings is 1. The lowest BCUT2D eigenvalue weighted by molar-refractivity contribution is -0.121. The van der Waals surface area contributed by atoms with Crippen LogP contribution in [-0.2, 0) is 24.8 Å². The van der Waals surface area contributed by atoms with Crippen LogP contribution in [0.1, 0.15) is 17.5 Å². The average Bonchev–Trinajstić information content (AvgIpc) is 3.06. The predicted molar refractivity (Wildman–Crippen MR) is 93.0 cm³/mol. The van der Waals surface area contributed by atoms with Gasteiger partial charge in [-0.3, -0.25) is 14.5 Å². The first kappa shape index (κ1) is 16.8. The van der Waals surface area contributed by atoms with Gasteiger partial charge in [-0.1, -0.05) is 18.2 Å². The van der Waals surface area contributed by atoms with Crippen molar-refractivity contribution in [3.05, 3.63) is 72.1 Å². The molecule has 1 amide bonds. The number of nitrogens with one attached hydrogen (secondary N) is 1. The molecule has 0 atom stereocenters. The molecule has 0 spiro atoms. The molecule has 3 rings (SSSR count). The largest absolute Gasteiger partial charge is 0.352 e. The molecule has 25 heavy (non-hydrogen) atoms. The minimum Gasteiger partial charge on any atom is -0.352 e. The van der Waals surface area contributed by atoms with Crippen molar-refractivity contribution in [1.29, 1.82) is 0 Å². The second-order valence-corrected chi connectivity index (χ2v) is 5.85. The monoisotopic (exact) mass is 338 g/mol. The van der Waals surface area contributed by atoms with Gasteiger partial charge in [0, 0.05) is 49.7 Å². The van der Waals surface area contributed by atoms with Crippen molar-refractivity contribution < 1.29 is 9.18 Å². The molecule has 6 heteroatoms. The second-order valence-electron chi connectivity index (χ2n) is 5.85. The van der Waals surface area contributed by atoms with Gasteiger partial charge < -0.3 is 5.32 Å². The quantitative estimate of drug-likeness (QED) is 0.752. The van der Waals surface area contributed by atoms with Crippen LogP contribution in [0.3, 0.4) is 0 Å². The van der Waals surface area contributed by atoms with Gasteiger partial charge in [0.05, 0.1) is 6.20 Å². The zero-order valence-corrected chi connectivity index (χ0v) is 13.9.